The summed E-state index contributed by atoms with van der Waals surface area (Å²) in [4.78, 5) is 0. The number of aliphatic hydroxyl groups excluding tert-OH is 1. The van der Waals surface area contributed by atoms with Gasteiger partial charge < -0.3 is 5.11 Å². The molecule has 4 rings (SSSR count). The van der Waals surface area contributed by atoms with Gasteiger partial charge in [0.2, 0.25) is 0 Å². The first-order chi connectivity index (χ1) is 10.9. The lowest BCUT2D eigenvalue weighted by Crippen LogP contribution is -2.39. The number of hydrogen-bond acceptors (Lipinski definition) is 3. The third-order valence-electron chi connectivity index (χ3n) is 6.11. The summed E-state index contributed by atoms with van der Waals surface area (Å²) in [7, 11) is 0. The van der Waals surface area contributed by atoms with Crippen molar-refractivity contribution < 1.29 is 9.50 Å². The molecular weight excluding hydrogens is 315 g/mol. The Hall–Kier alpha value is -1.52. The molecule has 1 fully saturated rings. The van der Waals surface area contributed by atoms with E-state index in [1.54, 1.807) is 12.1 Å². The van der Waals surface area contributed by atoms with Gasteiger partial charge in [0.1, 0.15) is 5.82 Å². The van der Waals surface area contributed by atoms with Crippen LogP contribution < -0.4 is 0 Å². The van der Waals surface area contributed by atoms with E-state index in [1.807, 2.05) is 6.07 Å². The van der Waals surface area contributed by atoms with Gasteiger partial charge in [0.05, 0.1) is 28.6 Å². The van der Waals surface area contributed by atoms with Crippen molar-refractivity contribution in [2.24, 2.45) is 5.41 Å². The maximum atomic E-state index is 14.2. The molecule has 2 aliphatic carbocycles. The lowest BCUT2D eigenvalue weighted by atomic mass is 9.69. The number of hydrogen-bond donors (Lipinski definition) is 1. The molecular formula is C18H18ClFN2O. The van der Waals surface area contributed by atoms with Crippen molar-refractivity contribution in [3.05, 3.63) is 46.4 Å². The van der Waals surface area contributed by atoms with Gasteiger partial charge in [-0.25, -0.2) is 4.39 Å². The van der Waals surface area contributed by atoms with Crippen molar-refractivity contribution >= 4 is 11.6 Å². The van der Waals surface area contributed by atoms with Crippen molar-refractivity contribution in [3.8, 4) is 11.3 Å². The molecule has 1 N–H and O–H groups in total. The third kappa shape index (κ3) is 1.74. The summed E-state index contributed by atoms with van der Waals surface area (Å²) >= 11 is 6.16. The Balaban J connectivity index is 1.92. The van der Waals surface area contributed by atoms with E-state index >= 15 is 0 Å². The summed E-state index contributed by atoms with van der Waals surface area (Å²) in [6, 6.07) is 6.52. The number of aromatic nitrogens is 2. The SMILES string of the molecule is CC1(C)[C@@H]2CC[C@@]1(CO)c1nnc(-c3c(F)cccc3Cl)cc12. The molecule has 0 spiro atoms. The third-order valence-corrected chi connectivity index (χ3v) is 6.42. The standard InChI is InChI=1S/C18H18ClFN2O/c1-17(2)11-6-7-18(17,9-23)16-10(11)8-14(21-22-16)15-12(19)4-3-5-13(15)20/h3-5,8,11,23H,6-7,9H2,1-2H3/t11-,18-/m1/s1. The van der Waals surface area contributed by atoms with E-state index in [0.717, 1.165) is 24.1 Å². The van der Waals surface area contributed by atoms with Crippen LogP contribution in [0.3, 0.4) is 0 Å². The maximum absolute atomic E-state index is 14.2. The van der Waals surface area contributed by atoms with Crippen LogP contribution in [0.5, 0.6) is 0 Å². The summed E-state index contributed by atoms with van der Waals surface area (Å²) in [6.45, 7) is 4.43. The number of nitrogens with zero attached hydrogens (tertiary/aromatic N) is 2. The summed E-state index contributed by atoms with van der Waals surface area (Å²) in [6.07, 6.45) is 1.93. The molecule has 2 aromatic rings. The first-order valence-corrected chi connectivity index (χ1v) is 8.23. The van der Waals surface area contributed by atoms with Crippen LogP contribution in [-0.2, 0) is 5.41 Å². The van der Waals surface area contributed by atoms with Gasteiger partial charge in [0.25, 0.3) is 0 Å². The minimum absolute atomic E-state index is 0.0674. The van der Waals surface area contributed by atoms with Gasteiger partial charge in [0.15, 0.2) is 0 Å². The average Bonchev–Trinajstić information content (AvgIpc) is 2.88. The molecule has 120 valence electrons. The highest BCUT2D eigenvalue weighted by Gasteiger charge is 2.63. The summed E-state index contributed by atoms with van der Waals surface area (Å²) in [5, 5.41) is 19.0. The van der Waals surface area contributed by atoms with Crippen LogP contribution in [0.15, 0.2) is 24.3 Å². The molecule has 1 aromatic carbocycles. The van der Waals surface area contributed by atoms with E-state index in [0.29, 0.717) is 22.2 Å². The fraction of sp³-hybridized carbons (Fsp3) is 0.444. The highest BCUT2D eigenvalue weighted by atomic mass is 35.5. The van der Waals surface area contributed by atoms with Crippen LogP contribution in [0.1, 0.15) is 43.9 Å². The zero-order valence-electron chi connectivity index (χ0n) is 13.1. The molecule has 2 atom stereocenters. The predicted molar refractivity (Wildman–Crippen MR) is 87.0 cm³/mol. The van der Waals surface area contributed by atoms with Crippen LogP contribution in [0, 0.1) is 11.2 Å². The molecule has 2 bridgehead atoms. The first kappa shape index (κ1) is 15.0. The highest BCUT2D eigenvalue weighted by molar-refractivity contribution is 6.33. The van der Waals surface area contributed by atoms with Gasteiger partial charge in [-0.3, -0.25) is 0 Å². The second-order valence-corrected chi connectivity index (χ2v) is 7.59. The number of fused-ring (bicyclic) bond motifs is 5. The molecule has 3 nitrogen and oxygen atoms in total. The smallest absolute Gasteiger partial charge is 0.134 e. The maximum Gasteiger partial charge on any atom is 0.134 e. The van der Waals surface area contributed by atoms with Crippen molar-refractivity contribution in [1.82, 2.24) is 10.2 Å². The molecule has 0 unspecified atom stereocenters. The lowest BCUT2D eigenvalue weighted by Gasteiger charge is -2.35. The van der Waals surface area contributed by atoms with Crippen LogP contribution >= 0.6 is 11.6 Å². The van der Waals surface area contributed by atoms with E-state index in [9.17, 15) is 9.50 Å². The van der Waals surface area contributed by atoms with Crippen LogP contribution in [0.25, 0.3) is 11.3 Å². The van der Waals surface area contributed by atoms with Crippen molar-refractivity contribution in [3.63, 3.8) is 0 Å². The Bertz CT molecular complexity index is 787. The molecule has 2 aliphatic rings. The molecule has 0 saturated heterocycles. The van der Waals surface area contributed by atoms with Crippen LogP contribution in [-0.4, -0.2) is 21.9 Å². The fourth-order valence-electron chi connectivity index (χ4n) is 4.64. The molecule has 23 heavy (non-hydrogen) atoms. The Morgan fingerprint density at radius 2 is 2.13 bits per heavy atom. The van der Waals surface area contributed by atoms with E-state index in [4.69, 9.17) is 11.6 Å². The zero-order valence-corrected chi connectivity index (χ0v) is 13.9. The van der Waals surface area contributed by atoms with Crippen molar-refractivity contribution in [2.75, 3.05) is 6.61 Å². The Morgan fingerprint density at radius 1 is 1.35 bits per heavy atom. The number of benzene rings is 1. The summed E-state index contributed by atoms with van der Waals surface area (Å²) in [5.41, 5.74) is 2.30. The number of halogens is 2. The minimum Gasteiger partial charge on any atom is -0.395 e. The second kappa shape index (κ2) is 4.74. The Labute approximate surface area is 139 Å². The van der Waals surface area contributed by atoms with Gasteiger partial charge in [-0.05, 0) is 47.9 Å². The highest BCUT2D eigenvalue weighted by Crippen LogP contribution is 2.67. The molecule has 1 aromatic heterocycles. The van der Waals surface area contributed by atoms with Gasteiger partial charge in [-0.1, -0.05) is 31.5 Å². The predicted octanol–water partition coefficient (Wildman–Crippen LogP) is 4.08. The van der Waals surface area contributed by atoms with Crippen LogP contribution in [0.4, 0.5) is 4.39 Å². The normalized spacial score (nSPS) is 27.3. The van der Waals surface area contributed by atoms with Crippen LogP contribution in [0.2, 0.25) is 5.02 Å². The molecule has 0 aliphatic heterocycles. The fourth-order valence-corrected chi connectivity index (χ4v) is 4.90. The Morgan fingerprint density at radius 3 is 2.83 bits per heavy atom. The second-order valence-electron chi connectivity index (χ2n) is 7.18. The molecule has 0 amide bonds. The van der Waals surface area contributed by atoms with Crippen molar-refractivity contribution in [1.29, 1.82) is 0 Å². The van der Waals surface area contributed by atoms with E-state index in [2.05, 4.69) is 24.0 Å². The first-order valence-electron chi connectivity index (χ1n) is 7.86. The van der Waals surface area contributed by atoms with E-state index in [-0.39, 0.29) is 17.4 Å². The van der Waals surface area contributed by atoms with Gasteiger partial charge in [-0.15, -0.1) is 0 Å². The lowest BCUT2D eigenvalue weighted by molar-refractivity contribution is 0.107. The summed E-state index contributed by atoms with van der Waals surface area (Å²) < 4.78 is 14.2. The molecule has 0 radical (unpaired) electrons. The molecule has 5 heteroatoms. The summed E-state index contributed by atoms with van der Waals surface area (Å²) in [5.74, 6) is -0.0875. The van der Waals surface area contributed by atoms with Gasteiger partial charge in [0, 0.05) is 5.41 Å². The number of aliphatic hydroxyl groups is 1. The average molecular weight is 333 g/mol. The van der Waals surface area contributed by atoms with E-state index < -0.39 is 5.82 Å². The largest absolute Gasteiger partial charge is 0.395 e. The zero-order chi connectivity index (χ0) is 16.4. The minimum atomic E-state index is -0.397. The Kier molecular flexibility index (Phi) is 3.10. The monoisotopic (exact) mass is 332 g/mol. The number of rotatable bonds is 2. The molecule has 1 saturated carbocycles. The molecule has 1 heterocycles. The quantitative estimate of drug-likeness (QED) is 0.901. The van der Waals surface area contributed by atoms with E-state index in [1.165, 1.54) is 6.07 Å². The topological polar surface area (TPSA) is 46.0 Å². The van der Waals surface area contributed by atoms with Crippen molar-refractivity contribution in [2.45, 2.75) is 38.0 Å². The van der Waals surface area contributed by atoms with Gasteiger partial charge >= 0.3 is 0 Å². The van der Waals surface area contributed by atoms with Gasteiger partial charge in [-0.2, -0.15) is 10.2 Å².